The van der Waals surface area contributed by atoms with E-state index in [1.165, 1.54) is 30.1 Å². The number of carbonyl (C=O) groups excluding carboxylic acids is 1. The SMILES string of the molecule is COc1cn(-c2cccc(C(F)(F)F)c2)nc1C(=O)NCc1cccc(Cn2cccn2)c1. The molecule has 0 spiro atoms. The molecule has 0 radical (unpaired) electrons. The minimum atomic E-state index is -4.49. The van der Waals surface area contributed by atoms with Crippen molar-refractivity contribution >= 4 is 5.91 Å². The van der Waals surface area contributed by atoms with Gasteiger partial charge in [0.25, 0.3) is 5.91 Å². The van der Waals surface area contributed by atoms with Crippen LogP contribution in [0, 0.1) is 0 Å². The fourth-order valence-electron chi connectivity index (χ4n) is 3.31. The van der Waals surface area contributed by atoms with E-state index in [1.807, 2.05) is 36.5 Å². The Morgan fingerprint density at radius 3 is 2.61 bits per heavy atom. The Morgan fingerprint density at radius 1 is 1.09 bits per heavy atom. The van der Waals surface area contributed by atoms with E-state index >= 15 is 0 Å². The van der Waals surface area contributed by atoms with E-state index in [0.29, 0.717) is 6.54 Å². The first-order valence-corrected chi connectivity index (χ1v) is 9.98. The van der Waals surface area contributed by atoms with Gasteiger partial charge < -0.3 is 10.1 Å². The second-order valence-electron chi connectivity index (χ2n) is 7.25. The zero-order valence-electron chi connectivity index (χ0n) is 17.6. The number of nitrogens with one attached hydrogen (secondary N) is 1. The van der Waals surface area contributed by atoms with Gasteiger partial charge in [-0.15, -0.1) is 0 Å². The summed E-state index contributed by atoms with van der Waals surface area (Å²) >= 11 is 0. The monoisotopic (exact) mass is 455 g/mol. The predicted molar refractivity (Wildman–Crippen MR) is 114 cm³/mol. The lowest BCUT2D eigenvalue weighted by Gasteiger charge is -2.08. The molecule has 4 rings (SSSR count). The van der Waals surface area contributed by atoms with Crippen LogP contribution in [0.4, 0.5) is 13.2 Å². The van der Waals surface area contributed by atoms with Crippen molar-refractivity contribution in [2.75, 3.05) is 7.11 Å². The number of carbonyl (C=O) groups is 1. The summed E-state index contributed by atoms with van der Waals surface area (Å²) in [7, 11) is 1.36. The summed E-state index contributed by atoms with van der Waals surface area (Å²) in [6, 6.07) is 14.2. The lowest BCUT2D eigenvalue weighted by molar-refractivity contribution is -0.137. The Kier molecular flexibility index (Phi) is 6.16. The zero-order valence-corrected chi connectivity index (χ0v) is 17.6. The van der Waals surface area contributed by atoms with Gasteiger partial charge in [0.2, 0.25) is 0 Å². The Hall–Kier alpha value is -4.08. The molecule has 1 amide bonds. The minimum absolute atomic E-state index is 0.0254. The van der Waals surface area contributed by atoms with Crippen molar-refractivity contribution < 1.29 is 22.7 Å². The number of rotatable bonds is 7. The van der Waals surface area contributed by atoms with Gasteiger partial charge in [-0.3, -0.25) is 9.48 Å². The number of benzene rings is 2. The molecule has 2 heterocycles. The van der Waals surface area contributed by atoms with Crippen LogP contribution in [0.15, 0.2) is 73.2 Å². The Bertz CT molecular complexity index is 1250. The summed E-state index contributed by atoms with van der Waals surface area (Å²) in [6.07, 6.45) is 0.450. The van der Waals surface area contributed by atoms with E-state index in [4.69, 9.17) is 4.74 Å². The van der Waals surface area contributed by atoms with Crippen LogP contribution in [0.2, 0.25) is 0 Å². The lowest BCUT2D eigenvalue weighted by Crippen LogP contribution is -2.24. The molecule has 0 bridgehead atoms. The van der Waals surface area contributed by atoms with Crippen molar-refractivity contribution in [1.82, 2.24) is 24.9 Å². The van der Waals surface area contributed by atoms with Crippen LogP contribution in [0.5, 0.6) is 5.75 Å². The highest BCUT2D eigenvalue weighted by Gasteiger charge is 2.30. The minimum Gasteiger partial charge on any atom is -0.493 e. The Labute approximate surface area is 187 Å². The van der Waals surface area contributed by atoms with E-state index in [2.05, 4.69) is 15.5 Å². The third-order valence-corrected chi connectivity index (χ3v) is 4.90. The van der Waals surface area contributed by atoms with E-state index in [9.17, 15) is 18.0 Å². The van der Waals surface area contributed by atoms with Crippen LogP contribution in [0.1, 0.15) is 27.2 Å². The summed E-state index contributed by atoms with van der Waals surface area (Å²) in [4.78, 5) is 12.7. The average molecular weight is 455 g/mol. The van der Waals surface area contributed by atoms with Gasteiger partial charge in [-0.05, 0) is 35.4 Å². The van der Waals surface area contributed by atoms with E-state index in [1.54, 1.807) is 10.9 Å². The highest BCUT2D eigenvalue weighted by Crippen LogP contribution is 2.30. The van der Waals surface area contributed by atoms with Crippen molar-refractivity contribution in [2.24, 2.45) is 0 Å². The largest absolute Gasteiger partial charge is 0.493 e. The van der Waals surface area contributed by atoms with Crippen LogP contribution >= 0.6 is 0 Å². The fourth-order valence-corrected chi connectivity index (χ4v) is 3.31. The molecule has 0 aliphatic rings. The number of ether oxygens (including phenoxy) is 1. The molecule has 33 heavy (non-hydrogen) atoms. The summed E-state index contributed by atoms with van der Waals surface area (Å²) in [5, 5.41) is 11.1. The summed E-state index contributed by atoms with van der Waals surface area (Å²) in [6.45, 7) is 0.843. The van der Waals surface area contributed by atoms with Gasteiger partial charge in [-0.1, -0.05) is 30.3 Å². The Balaban J connectivity index is 1.48. The van der Waals surface area contributed by atoms with Crippen molar-refractivity contribution in [1.29, 1.82) is 0 Å². The Morgan fingerprint density at radius 2 is 1.88 bits per heavy atom. The van der Waals surface area contributed by atoms with E-state index in [-0.39, 0.29) is 23.7 Å². The first-order valence-electron chi connectivity index (χ1n) is 9.98. The molecule has 2 aromatic carbocycles. The maximum absolute atomic E-state index is 13.0. The van der Waals surface area contributed by atoms with Crippen molar-refractivity contribution in [3.8, 4) is 11.4 Å². The number of amides is 1. The number of hydrogen-bond donors (Lipinski definition) is 1. The first-order chi connectivity index (χ1) is 15.8. The van der Waals surface area contributed by atoms with Crippen LogP contribution in [-0.4, -0.2) is 32.6 Å². The van der Waals surface area contributed by atoms with E-state index < -0.39 is 17.6 Å². The summed E-state index contributed by atoms with van der Waals surface area (Å²) < 4.78 is 47.3. The third kappa shape index (κ3) is 5.22. The average Bonchev–Trinajstić information content (AvgIpc) is 3.47. The predicted octanol–water partition coefficient (Wildman–Crippen LogP) is 4.07. The molecule has 7 nitrogen and oxygen atoms in total. The molecule has 0 aliphatic carbocycles. The fraction of sp³-hybridized carbons (Fsp3) is 0.174. The zero-order chi connectivity index (χ0) is 23.4. The van der Waals surface area contributed by atoms with Crippen LogP contribution < -0.4 is 10.1 Å². The molecule has 2 aromatic heterocycles. The quantitative estimate of drug-likeness (QED) is 0.456. The standard InChI is InChI=1S/C23H20F3N5O2/c1-33-20-15-31(19-8-3-7-18(12-19)23(24,25)26)29-21(20)22(32)27-13-16-5-2-6-17(11-16)14-30-10-4-9-28-30/h2-12,15H,13-14H2,1H3,(H,27,32). The normalized spacial score (nSPS) is 11.4. The highest BCUT2D eigenvalue weighted by molar-refractivity contribution is 5.94. The molecule has 0 fully saturated rings. The number of hydrogen-bond acceptors (Lipinski definition) is 4. The maximum Gasteiger partial charge on any atom is 0.416 e. The number of nitrogens with zero attached hydrogens (tertiary/aromatic N) is 4. The molecule has 0 aliphatic heterocycles. The molecule has 4 aromatic rings. The van der Waals surface area contributed by atoms with Gasteiger partial charge >= 0.3 is 6.18 Å². The van der Waals surface area contributed by atoms with Gasteiger partial charge in [0.05, 0.1) is 31.1 Å². The highest BCUT2D eigenvalue weighted by atomic mass is 19.4. The number of aromatic nitrogens is 4. The first kappa shape index (κ1) is 22.1. The maximum atomic E-state index is 13.0. The lowest BCUT2D eigenvalue weighted by atomic mass is 10.1. The molecule has 1 N–H and O–H groups in total. The number of halogens is 3. The molecule has 0 unspecified atom stereocenters. The second kappa shape index (κ2) is 9.19. The molecular weight excluding hydrogens is 435 g/mol. The smallest absolute Gasteiger partial charge is 0.416 e. The van der Waals surface area contributed by atoms with E-state index in [0.717, 1.165) is 23.3 Å². The third-order valence-electron chi connectivity index (χ3n) is 4.90. The molecule has 10 heteroatoms. The van der Waals surface area contributed by atoms with Crippen molar-refractivity contribution in [2.45, 2.75) is 19.3 Å². The van der Waals surface area contributed by atoms with Crippen molar-refractivity contribution in [3.63, 3.8) is 0 Å². The summed E-state index contributed by atoms with van der Waals surface area (Å²) in [5.74, 6) is -0.354. The van der Waals surface area contributed by atoms with Crippen LogP contribution in [0.25, 0.3) is 5.69 Å². The van der Waals surface area contributed by atoms with Crippen molar-refractivity contribution in [3.05, 3.63) is 95.6 Å². The van der Waals surface area contributed by atoms with Gasteiger partial charge in [0.1, 0.15) is 0 Å². The second-order valence-corrected chi connectivity index (χ2v) is 7.25. The molecule has 170 valence electrons. The topological polar surface area (TPSA) is 74.0 Å². The molecule has 0 saturated heterocycles. The van der Waals surface area contributed by atoms with Gasteiger partial charge in [-0.25, -0.2) is 4.68 Å². The molecule has 0 atom stereocenters. The van der Waals surface area contributed by atoms with Gasteiger partial charge in [0, 0.05) is 18.9 Å². The van der Waals surface area contributed by atoms with Gasteiger partial charge in [-0.2, -0.15) is 23.4 Å². The van der Waals surface area contributed by atoms with Crippen LogP contribution in [0.3, 0.4) is 0 Å². The van der Waals surface area contributed by atoms with Crippen LogP contribution in [-0.2, 0) is 19.3 Å². The number of methoxy groups -OCH3 is 1. The summed E-state index contributed by atoms with van der Waals surface area (Å²) in [5.41, 5.74) is 1.23. The van der Waals surface area contributed by atoms with Gasteiger partial charge in [0.15, 0.2) is 11.4 Å². The molecular formula is C23H20F3N5O2. The number of alkyl halides is 3. The molecule has 0 saturated carbocycles.